The van der Waals surface area contributed by atoms with Crippen LogP contribution in [0.1, 0.15) is 19.8 Å². The number of likely N-dealkylation sites (tertiary alicyclic amines) is 1. The summed E-state index contributed by atoms with van der Waals surface area (Å²) < 4.78 is 0. The first-order chi connectivity index (χ1) is 9.11. The number of rotatable bonds is 5. The minimum absolute atomic E-state index is 0.0364. The highest BCUT2D eigenvalue weighted by Crippen LogP contribution is 2.28. The SMILES string of the molecule is CC1(CN)CCN(CCC(=O)Nc2cccnc2)C1. The normalized spacial score (nSPS) is 23.5. The molecule has 0 saturated carbocycles. The zero-order valence-corrected chi connectivity index (χ0v) is 11.4. The van der Waals surface area contributed by atoms with Crippen molar-refractivity contribution in [2.45, 2.75) is 19.8 Å². The molecule has 3 N–H and O–H groups in total. The summed E-state index contributed by atoms with van der Waals surface area (Å²) in [6.45, 7) is 5.74. The molecule has 1 aliphatic heterocycles. The molecule has 0 bridgehead atoms. The van der Waals surface area contributed by atoms with Crippen molar-refractivity contribution < 1.29 is 4.79 Å². The number of aromatic nitrogens is 1. The fourth-order valence-electron chi connectivity index (χ4n) is 2.40. The maximum absolute atomic E-state index is 11.8. The van der Waals surface area contributed by atoms with Crippen LogP contribution in [-0.2, 0) is 4.79 Å². The van der Waals surface area contributed by atoms with Crippen molar-refractivity contribution in [3.8, 4) is 0 Å². The largest absolute Gasteiger partial charge is 0.330 e. The third kappa shape index (κ3) is 4.01. The van der Waals surface area contributed by atoms with Crippen molar-refractivity contribution in [2.24, 2.45) is 11.1 Å². The molecule has 1 atom stereocenters. The van der Waals surface area contributed by atoms with Crippen molar-refractivity contribution in [3.63, 3.8) is 0 Å². The number of amides is 1. The molecule has 104 valence electrons. The molecule has 1 saturated heterocycles. The van der Waals surface area contributed by atoms with Crippen LogP contribution in [-0.4, -0.2) is 42.0 Å². The van der Waals surface area contributed by atoms with Gasteiger partial charge < -0.3 is 16.0 Å². The third-order valence-corrected chi connectivity index (χ3v) is 3.73. The van der Waals surface area contributed by atoms with E-state index >= 15 is 0 Å². The van der Waals surface area contributed by atoms with Gasteiger partial charge in [0.2, 0.25) is 5.91 Å². The quantitative estimate of drug-likeness (QED) is 0.833. The standard InChI is InChI=1S/C14H22N4O/c1-14(10-15)5-8-18(11-14)7-4-13(19)17-12-3-2-6-16-9-12/h2-3,6,9H,4-5,7-8,10-11,15H2,1H3,(H,17,19). The first-order valence-corrected chi connectivity index (χ1v) is 6.74. The summed E-state index contributed by atoms with van der Waals surface area (Å²) in [7, 11) is 0. The number of carbonyl (C=O) groups excluding carboxylic acids is 1. The van der Waals surface area contributed by atoms with Gasteiger partial charge in [0.25, 0.3) is 0 Å². The summed E-state index contributed by atoms with van der Waals surface area (Å²) in [6, 6.07) is 3.65. The number of nitrogens with zero attached hydrogens (tertiary/aromatic N) is 2. The van der Waals surface area contributed by atoms with Gasteiger partial charge in [-0.15, -0.1) is 0 Å². The molecular formula is C14H22N4O. The molecule has 0 aliphatic carbocycles. The highest BCUT2D eigenvalue weighted by molar-refractivity contribution is 5.90. The Kier molecular flexibility index (Phi) is 4.50. The van der Waals surface area contributed by atoms with E-state index in [0.29, 0.717) is 13.0 Å². The minimum atomic E-state index is 0.0364. The first kappa shape index (κ1) is 14.0. The molecule has 1 fully saturated rings. The van der Waals surface area contributed by atoms with Crippen LogP contribution in [0.15, 0.2) is 24.5 Å². The van der Waals surface area contributed by atoms with Crippen LogP contribution in [0.5, 0.6) is 0 Å². The van der Waals surface area contributed by atoms with E-state index in [1.807, 2.05) is 12.1 Å². The highest BCUT2D eigenvalue weighted by Gasteiger charge is 2.32. The van der Waals surface area contributed by atoms with Crippen LogP contribution >= 0.6 is 0 Å². The summed E-state index contributed by atoms with van der Waals surface area (Å²) in [6.07, 6.45) is 4.97. The number of carbonyl (C=O) groups is 1. The van der Waals surface area contributed by atoms with Crippen LogP contribution in [0.25, 0.3) is 0 Å². The summed E-state index contributed by atoms with van der Waals surface area (Å²) in [4.78, 5) is 18.1. The molecule has 1 amide bonds. The lowest BCUT2D eigenvalue weighted by atomic mass is 9.90. The van der Waals surface area contributed by atoms with Crippen LogP contribution in [0.3, 0.4) is 0 Å². The number of nitrogens with two attached hydrogens (primary N) is 1. The van der Waals surface area contributed by atoms with Gasteiger partial charge in [-0.2, -0.15) is 0 Å². The van der Waals surface area contributed by atoms with E-state index in [1.165, 1.54) is 0 Å². The summed E-state index contributed by atoms with van der Waals surface area (Å²) >= 11 is 0. The lowest BCUT2D eigenvalue weighted by Crippen LogP contribution is -2.32. The van der Waals surface area contributed by atoms with E-state index in [4.69, 9.17) is 5.73 Å². The fourth-order valence-corrected chi connectivity index (χ4v) is 2.40. The maximum Gasteiger partial charge on any atom is 0.225 e. The molecule has 1 aliphatic rings. The molecule has 1 aromatic rings. The maximum atomic E-state index is 11.8. The van der Waals surface area contributed by atoms with Gasteiger partial charge in [0, 0.05) is 25.7 Å². The van der Waals surface area contributed by atoms with E-state index in [0.717, 1.165) is 31.7 Å². The van der Waals surface area contributed by atoms with Gasteiger partial charge in [0.1, 0.15) is 0 Å². The predicted molar refractivity (Wildman–Crippen MR) is 75.7 cm³/mol. The monoisotopic (exact) mass is 262 g/mol. The van der Waals surface area contributed by atoms with Crippen molar-refractivity contribution in [1.82, 2.24) is 9.88 Å². The lowest BCUT2D eigenvalue weighted by Gasteiger charge is -2.22. The van der Waals surface area contributed by atoms with Gasteiger partial charge in [-0.05, 0) is 37.1 Å². The smallest absolute Gasteiger partial charge is 0.225 e. The Labute approximate surface area is 114 Å². The van der Waals surface area contributed by atoms with Crippen LogP contribution in [0.2, 0.25) is 0 Å². The van der Waals surface area contributed by atoms with Crippen molar-refractivity contribution >= 4 is 11.6 Å². The van der Waals surface area contributed by atoms with Gasteiger partial charge >= 0.3 is 0 Å². The van der Waals surface area contributed by atoms with E-state index in [9.17, 15) is 4.79 Å². The minimum Gasteiger partial charge on any atom is -0.330 e. The first-order valence-electron chi connectivity index (χ1n) is 6.74. The molecule has 5 nitrogen and oxygen atoms in total. The Bertz CT molecular complexity index is 423. The molecule has 0 aromatic carbocycles. The molecule has 1 aromatic heterocycles. The van der Waals surface area contributed by atoms with Gasteiger partial charge in [-0.1, -0.05) is 6.92 Å². The topological polar surface area (TPSA) is 71.2 Å². The van der Waals surface area contributed by atoms with E-state index in [1.54, 1.807) is 12.4 Å². The molecule has 0 radical (unpaired) electrons. The number of nitrogens with one attached hydrogen (secondary N) is 1. The molecule has 19 heavy (non-hydrogen) atoms. The molecule has 1 unspecified atom stereocenters. The van der Waals surface area contributed by atoms with Crippen LogP contribution in [0.4, 0.5) is 5.69 Å². The second-order valence-corrected chi connectivity index (χ2v) is 5.58. The van der Waals surface area contributed by atoms with E-state index < -0.39 is 0 Å². The average Bonchev–Trinajstić information content (AvgIpc) is 2.80. The Morgan fingerprint density at radius 1 is 1.63 bits per heavy atom. The summed E-state index contributed by atoms with van der Waals surface area (Å²) in [5.74, 6) is 0.0364. The average molecular weight is 262 g/mol. The Morgan fingerprint density at radius 3 is 3.11 bits per heavy atom. The Morgan fingerprint density at radius 2 is 2.47 bits per heavy atom. The van der Waals surface area contributed by atoms with Gasteiger partial charge in [-0.25, -0.2) is 0 Å². The van der Waals surface area contributed by atoms with Gasteiger partial charge in [-0.3, -0.25) is 9.78 Å². The highest BCUT2D eigenvalue weighted by atomic mass is 16.1. The van der Waals surface area contributed by atoms with Gasteiger partial charge in [0.15, 0.2) is 0 Å². The second-order valence-electron chi connectivity index (χ2n) is 5.58. The predicted octanol–water partition coefficient (Wildman–Crippen LogP) is 1.08. The molecule has 0 spiro atoms. The summed E-state index contributed by atoms with van der Waals surface area (Å²) in [5.41, 5.74) is 6.75. The molecule has 2 heterocycles. The molecule has 2 rings (SSSR count). The van der Waals surface area contributed by atoms with E-state index in [-0.39, 0.29) is 11.3 Å². The fraction of sp³-hybridized carbons (Fsp3) is 0.571. The van der Waals surface area contributed by atoms with E-state index in [2.05, 4.69) is 22.1 Å². The number of hydrogen-bond donors (Lipinski definition) is 2. The van der Waals surface area contributed by atoms with Crippen molar-refractivity contribution in [2.75, 3.05) is 31.5 Å². The summed E-state index contributed by atoms with van der Waals surface area (Å²) in [5, 5.41) is 2.85. The second kappa shape index (κ2) is 6.12. The number of anilines is 1. The van der Waals surface area contributed by atoms with Gasteiger partial charge in [0.05, 0.1) is 11.9 Å². The Hall–Kier alpha value is -1.46. The van der Waals surface area contributed by atoms with Crippen LogP contribution < -0.4 is 11.1 Å². The van der Waals surface area contributed by atoms with Crippen molar-refractivity contribution in [1.29, 1.82) is 0 Å². The third-order valence-electron chi connectivity index (χ3n) is 3.73. The zero-order chi connectivity index (χ0) is 13.7. The molecule has 5 heteroatoms. The zero-order valence-electron chi connectivity index (χ0n) is 11.4. The number of hydrogen-bond acceptors (Lipinski definition) is 4. The van der Waals surface area contributed by atoms with Crippen molar-refractivity contribution in [3.05, 3.63) is 24.5 Å². The number of pyridine rings is 1. The lowest BCUT2D eigenvalue weighted by molar-refractivity contribution is -0.116. The van der Waals surface area contributed by atoms with Crippen LogP contribution in [0, 0.1) is 5.41 Å². The molecular weight excluding hydrogens is 240 g/mol. The Balaban J connectivity index is 1.73.